The molecule has 0 saturated carbocycles. The molecule has 0 aromatic rings. The molecule has 1 unspecified atom stereocenters. The third kappa shape index (κ3) is 8.63. The van der Waals surface area contributed by atoms with Gasteiger partial charge in [-0.2, -0.15) is 0 Å². The van der Waals surface area contributed by atoms with Gasteiger partial charge >= 0.3 is 0 Å². The van der Waals surface area contributed by atoms with E-state index in [1.54, 1.807) is 0 Å². The molecule has 2 rings (SSSR count). The van der Waals surface area contributed by atoms with Gasteiger partial charge in [0.15, 0.2) is 0 Å². The van der Waals surface area contributed by atoms with Crippen LogP contribution in [0, 0.1) is 11.3 Å². The fraction of sp³-hybridized carbons (Fsp3) is 1.00. The van der Waals surface area contributed by atoms with Crippen molar-refractivity contribution in [2.24, 2.45) is 17.1 Å². The molecule has 3 N–H and O–H groups in total. The topological polar surface area (TPSA) is 63.0 Å². The molecule has 26 heavy (non-hydrogen) atoms. The summed E-state index contributed by atoms with van der Waals surface area (Å²) < 4.78 is 11.2. The standard InChI is InChI=1S/C18H38N4O2.C2H6.2H2/c1-3-17(2)12-20-5-9-24-11-7-22-15-18(16-22)13-21(14-18)6-10-23-8-4-19;1-2;;/h17,20H,3-16,19H2,1-2H3;1-2H3;2*1H. The van der Waals surface area contributed by atoms with Crippen LogP contribution in [0.5, 0.6) is 0 Å². The lowest BCUT2D eigenvalue weighted by atomic mass is 9.73. The average Bonchev–Trinajstić information content (AvgIpc) is 2.60. The molecule has 0 aliphatic carbocycles. The minimum atomic E-state index is 0. The van der Waals surface area contributed by atoms with E-state index in [1.807, 2.05) is 13.8 Å². The van der Waals surface area contributed by atoms with Gasteiger partial charge in [-0.15, -0.1) is 0 Å². The second kappa shape index (κ2) is 13.9. The molecule has 1 atom stereocenters. The minimum absolute atomic E-state index is 0. The Bertz CT molecular complexity index is 340. The van der Waals surface area contributed by atoms with Crippen molar-refractivity contribution in [1.82, 2.24) is 15.1 Å². The predicted octanol–water partition coefficient (Wildman–Crippen LogP) is 1.75. The van der Waals surface area contributed by atoms with Crippen molar-refractivity contribution < 1.29 is 12.3 Å². The van der Waals surface area contributed by atoms with E-state index in [0.717, 1.165) is 51.9 Å². The summed E-state index contributed by atoms with van der Waals surface area (Å²) in [6.45, 7) is 21.5. The van der Waals surface area contributed by atoms with Crippen LogP contribution in [0.4, 0.5) is 0 Å². The molecular weight excluding hydrogens is 328 g/mol. The molecule has 0 aromatic heterocycles. The van der Waals surface area contributed by atoms with Crippen LogP contribution >= 0.6 is 0 Å². The monoisotopic (exact) mass is 376 g/mol. The highest BCUT2D eigenvalue weighted by molar-refractivity contribution is 5.05. The van der Waals surface area contributed by atoms with Crippen LogP contribution in [0.25, 0.3) is 0 Å². The highest BCUT2D eigenvalue weighted by atomic mass is 16.5. The van der Waals surface area contributed by atoms with Crippen molar-refractivity contribution in [2.45, 2.75) is 34.1 Å². The number of ether oxygens (including phenoxy) is 2. The summed E-state index contributed by atoms with van der Waals surface area (Å²) in [5.41, 5.74) is 5.99. The van der Waals surface area contributed by atoms with Gasteiger partial charge in [0.1, 0.15) is 0 Å². The number of hydrogen-bond acceptors (Lipinski definition) is 6. The number of likely N-dealkylation sites (tertiary alicyclic amines) is 2. The van der Waals surface area contributed by atoms with E-state index < -0.39 is 0 Å². The number of nitrogens with one attached hydrogen (secondary N) is 1. The van der Waals surface area contributed by atoms with Gasteiger partial charge in [0.05, 0.1) is 26.4 Å². The smallest absolute Gasteiger partial charge is 0.0594 e. The van der Waals surface area contributed by atoms with Gasteiger partial charge < -0.3 is 20.5 Å². The van der Waals surface area contributed by atoms with Gasteiger partial charge in [0.2, 0.25) is 0 Å². The predicted molar refractivity (Wildman–Crippen MR) is 114 cm³/mol. The SMILES string of the molecule is CC.CCC(C)CNCCOCCN1CC2(CN(CCOCCN)C2)C1.[HH].[HH]. The Balaban J connectivity index is 0. The first-order valence-electron chi connectivity index (χ1n) is 10.7. The van der Waals surface area contributed by atoms with Gasteiger partial charge in [-0.25, -0.2) is 0 Å². The Morgan fingerprint density at radius 2 is 1.54 bits per heavy atom. The average molecular weight is 377 g/mol. The summed E-state index contributed by atoms with van der Waals surface area (Å²) >= 11 is 0. The molecule has 2 aliphatic heterocycles. The van der Waals surface area contributed by atoms with Crippen LogP contribution in [-0.4, -0.2) is 95.1 Å². The molecule has 6 nitrogen and oxygen atoms in total. The van der Waals surface area contributed by atoms with Crippen LogP contribution in [0.3, 0.4) is 0 Å². The molecule has 1 spiro atoms. The number of nitrogens with two attached hydrogens (primary N) is 1. The van der Waals surface area contributed by atoms with E-state index in [1.165, 1.54) is 32.6 Å². The van der Waals surface area contributed by atoms with Gasteiger partial charge in [-0.1, -0.05) is 34.1 Å². The maximum Gasteiger partial charge on any atom is 0.0594 e. The Hall–Kier alpha value is -0.240. The zero-order valence-electron chi connectivity index (χ0n) is 17.8. The Labute approximate surface area is 164 Å². The van der Waals surface area contributed by atoms with Crippen LogP contribution in [0.1, 0.15) is 37.0 Å². The Morgan fingerprint density at radius 3 is 2.04 bits per heavy atom. The normalized spacial score (nSPS) is 20.2. The van der Waals surface area contributed by atoms with E-state index in [-0.39, 0.29) is 2.85 Å². The first-order valence-corrected chi connectivity index (χ1v) is 10.7. The first kappa shape index (κ1) is 23.8. The molecule has 2 heterocycles. The van der Waals surface area contributed by atoms with Crippen molar-refractivity contribution >= 4 is 0 Å². The molecule has 0 aromatic carbocycles. The zero-order chi connectivity index (χ0) is 19.3. The van der Waals surface area contributed by atoms with E-state index in [2.05, 4.69) is 29.0 Å². The van der Waals surface area contributed by atoms with Crippen LogP contribution in [0.15, 0.2) is 0 Å². The van der Waals surface area contributed by atoms with Crippen molar-refractivity contribution in [3.05, 3.63) is 0 Å². The lowest BCUT2D eigenvalue weighted by molar-refractivity contribution is -0.123. The number of nitrogens with zero attached hydrogens (tertiary/aromatic N) is 2. The second-order valence-corrected chi connectivity index (χ2v) is 7.65. The van der Waals surface area contributed by atoms with Gasteiger partial charge in [-0.05, 0) is 12.5 Å². The third-order valence-electron chi connectivity index (χ3n) is 5.21. The Morgan fingerprint density at radius 1 is 1.00 bits per heavy atom. The van der Waals surface area contributed by atoms with Crippen molar-refractivity contribution in [3.63, 3.8) is 0 Å². The lowest BCUT2D eigenvalue weighted by Crippen LogP contribution is -2.72. The molecule has 0 bridgehead atoms. The lowest BCUT2D eigenvalue weighted by Gasteiger charge is -2.60. The van der Waals surface area contributed by atoms with Crippen molar-refractivity contribution in [1.29, 1.82) is 0 Å². The van der Waals surface area contributed by atoms with Crippen LogP contribution < -0.4 is 11.1 Å². The fourth-order valence-corrected chi connectivity index (χ4v) is 3.63. The molecular formula is C20H48N4O2. The minimum Gasteiger partial charge on any atom is -0.379 e. The summed E-state index contributed by atoms with van der Waals surface area (Å²) in [6.07, 6.45) is 1.24. The summed E-state index contributed by atoms with van der Waals surface area (Å²) in [4.78, 5) is 5.02. The van der Waals surface area contributed by atoms with Crippen molar-refractivity contribution in [3.8, 4) is 0 Å². The highest BCUT2D eigenvalue weighted by Crippen LogP contribution is 2.38. The quantitative estimate of drug-likeness (QED) is 0.450. The van der Waals surface area contributed by atoms with Crippen LogP contribution in [-0.2, 0) is 9.47 Å². The highest BCUT2D eigenvalue weighted by Gasteiger charge is 2.50. The molecule has 2 aliphatic rings. The summed E-state index contributed by atoms with van der Waals surface area (Å²) in [6, 6.07) is 0. The number of hydrogen-bond donors (Lipinski definition) is 2. The van der Waals surface area contributed by atoms with Crippen LogP contribution in [0.2, 0.25) is 0 Å². The van der Waals surface area contributed by atoms with E-state index in [9.17, 15) is 0 Å². The molecule has 2 fully saturated rings. The summed E-state index contributed by atoms with van der Waals surface area (Å²) in [7, 11) is 0. The maximum atomic E-state index is 5.73. The molecule has 2 saturated heterocycles. The Kier molecular flexibility index (Phi) is 12.7. The van der Waals surface area contributed by atoms with Crippen molar-refractivity contribution in [2.75, 3.05) is 85.3 Å². The number of rotatable bonds is 14. The second-order valence-electron chi connectivity index (χ2n) is 7.65. The zero-order valence-corrected chi connectivity index (χ0v) is 17.8. The van der Waals surface area contributed by atoms with Gasteiger partial charge in [-0.3, -0.25) is 9.80 Å². The summed E-state index contributed by atoms with van der Waals surface area (Å²) in [5.74, 6) is 0.761. The fourth-order valence-electron chi connectivity index (χ4n) is 3.63. The molecule has 0 radical (unpaired) electrons. The van der Waals surface area contributed by atoms with Gasteiger partial charge in [0.25, 0.3) is 0 Å². The van der Waals surface area contributed by atoms with E-state index in [0.29, 0.717) is 18.6 Å². The van der Waals surface area contributed by atoms with E-state index >= 15 is 0 Å². The summed E-state index contributed by atoms with van der Waals surface area (Å²) in [5, 5.41) is 3.45. The molecule has 0 amide bonds. The molecule has 160 valence electrons. The van der Waals surface area contributed by atoms with Gasteiger partial charge in [0, 0.05) is 60.6 Å². The van der Waals surface area contributed by atoms with E-state index in [4.69, 9.17) is 15.2 Å². The first-order chi connectivity index (χ1) is 12.7. The molecule has 6 heteroatoms. The third-order valence-corrected chi connectivity index (χ3v) is 5.21. The largest absolute Gasteiger partial charge is 0.379 e. The maximum absolute atomic E-state index is 5.73.